The van der Waals surface area contributed by atoms with Crippen molar-refractivity contribution in [2.45, 2.75) is 13.8 Å². The number of hydrogen-bond acceptors (Lipinski definition) is 1. The number of aromatic nitrogens is 2. The third-order valence-corrected chi connectivity index (χ3v) is 3.14. The highest BCUT2D eigenvalue weighted by atomic mass is 15.1. The van der Waals surface area contributed by atoms with E-state index in [9.17, 15) is 0 Å². The first-order valence-electron chi connectivity index (χ1n) is 5.75. The van der Waals surface area contributed by atoms with E-state index in [1.165, 1.54) is 27.6 Å². The lowest BCUT2D eigenvalue weighted by molar-refractivity contribution is 1.12. The highest BCUT2D eigenvalue weighted by molar-refractivity contribution is 5.95. The number of aryl methyl sites for hydroxylation is 2. The molecule has 17 heavy (non-hydrogen) atoms. The fraction of sp³-hybridized carbons (Fsp3) is 0.133. The zero-order valence-electron chi connectivity index (χ0n) is 9.99. The van der Waals surface area contributed by atoms with Crippen LogP contribution in [0.25, 0.3) is 22.0 Å². The molecule has 0 aliphatic carbocycles. The molecular formula is C15H14N2. The summed E-state index contributed by atoms with van der Waals surface area (Å²) in [6.45, 7) is 4.26. The van der Waals surface area contributed by atoms with Crippen molar-refractivity contribution < 1.29 is 0 Å². The number of nitrogens with one attached hydrogen (secondary N) is 1. The minimum Gasteiger partial charge on any atom is -0.278 e. The van der Waals surface area contributed by atoms with Gasteiger partial charge in [0.05, 0.1) is 11.7 Å². The second-order valence-electron chi connectivity index (χ2n) is 4.46. The van der Waals surface area contributed by atoms with Crippen LogP contribution in [0.4, 0.5) is 0 Å². The monoisotopic (exact) mass is 222 g/mol. The van der Waals surface area contributed by atoms with Gasteiger partial charge >= 0.3 is 0 Å². The van der Waals surface area contributed by atoms with Crippen molar-refractivity contribution in [2.75, 3.05) is 0 Å². The molecular weight excluding hydrogens is 208 g/mol. The van der Waals surface area contributed by atoms with Gasteiger partial charge in [0, 0.05) is 5.39 Å². The summed E-state index contributed by atoms with van der Waals surface area (Å²) in [7, 11) is 0. The van der Waals surface area contributed by atoms with E-state index in [2.05, 4.69) is 60.4 Å². The average molecular weight is 222 g/mol. The SMILES string of the molecule is Cc1cc(-c2ccccc2C)c2cn[nH]c2c1. The third-order valence-electron chi connectivity index (χ3n) is 3.14. The van der Waals surface area contributed by atoms with E-state index in [0.29, 0.717) is 0 Å². The first-order chi connectivity index (χ1) is 8.25. The Morgan fingerprint density at radius 1 is 1.00 bits per heavy atom. The van der Waals surface area contributed by atoms with Gasteiger partial charge in [-0.25, -0.2) is 0 Å². The van der Waals surface area contributed by atoms with E-state index in [0.717, 1.165) is 5.52 Å². The number of aromatic amines is 1. The Bertz CT molecular complexity index is 680. The van der Waals surface area contributed by atoms with Crippen LogP contribution < -0.4 is 0 Å². The average Bonchev–Trinajstić information content (AvgIpc) is 2.76. The molecule has 1 N–H and O–H groups in total. The van der Waals surface area contributed by atoms with Crippen LogP contribution >= 0.6 is 0 Å². The molecule has 1 heterocycles. The summed E-state index contributed by atoms with van der Waals surface area (Å²) in [4.78, 5) is 0. The van der Waals surface area contributed by atoms with E-state index >= 15 is 0 Å². The molecule has 0 spiro atoms. The third kappa shape index (κ3) is 1.62. The summed E-state index contributed by atoms with van der Waals surface area (Å²) in [5.74, 6) is 0. The standard InChI is InChI=1S/C15H14N2/c1-10-7-13(12-6-4-3-5-11(12)2)14-9-16-17-15(14)8-10/h3-9H,1-2H3,(H,16,17). The molecule has 0 bridgehead atoms. The largest absolute Gasteiger partial charge is 0.278 e. The van der Waals surface area contributed by atoms with E-state index in [1.807, 2.05) is 6.20 Å². The Morgan fingerprint density at radius 3 is 2.65 bits per heavy atom. The van der Waals surface area contributed by atoms with Gasteiger partial charge in [0.15, 0.2) is 0 Å². The molecule has 0 aliphatic heterocycles. The van der Waals surface area contributed by atoms with Gasteiger partial charge in [-0.05, 0) is 42.2 Å². The highest BCUT2D eigenvalue weighted by Gasteiger charge is 2.08. The number of hydrogen-bond donors (Lipinski definition) is 1. The van der Waals surface area contributed by atoms with Gasteiger partial charge in [0.1, 0.15) is 0 Å². The van der Waals surface area contributed by atoms with Crippen molar-refractivity contribution in [3.05, 3.63) is 53.7 Å². The first kappa shape index (κ1) is 10.1. The number of fused-ring (bicyclic) bond motifs is 1. The zero-order chi connectivity index (χ0) is 11.8. The highest BCUT2D eigenvalue weighted by Crippen LogP contribution is 2.30. The van der Waals surface area contributed by atoms with E-state index in [4.69, 9.17) is 0 Å². The van der Waals surface area contributed by atoms with Crippen LogP contribution in [-0.4, -0.2) is 10.2 Å². The van der Waals surface area contributed by atoms with Crippen LogP contribution in [0.1, 0.15) is 11.1 Å². The van der Waals surface area contributed by atoms with Crippen LogP contribution in [0.5, 0.6) is 0 Å². The molecule has 0 amide bonds. The molecule has 3 aromatic rings. The molecule has 0 aliphatic rings. The second kappa shape index (κ2) is 3.74. The maximum absolute atomic E-state index is 4.13. The van der Waals surface area contributed by atoms with Gasteiger partial charge in [-0.1, -0.05) is 30.3 Å². The fourth-order valence-corrected chi connectivity index (χ4v) is 2.29. The Hall–Kier alpha value is -2.09. The first-order valence-corrected chi connectivity index (χ1v) is 5.75. The van der Waals surface area contributed by atoms with Gasteiger partial charge in [-0.15, -0.1) is 0 Å². The van der Waals surface area contributed by atoms with Crippen molar-refractivity contribution in [1.29, 1.82) is 0 Å². The maximum atomic E-state index is 4.13. The van der Waals surface area contributed by atoms with Gasteiger partial charge in [-0.2, -0.15) is 5.10 Å². The minimum absolute atomic E-state index is 1.10. The summed E-state index contributed by atoms with van der Waals surface area (Å²) in [6, 6.07) is 12.8. The van der Waals surface area contributed by atoms with Crippen molar-refractivity contribution >= 4 is 10.9 Å². The zero-order valence-corrected chi connectivity index (χ0v) is 9.99. The normalized spacial score (nSPS) is 10.9. The maximum Gasteiger partial charge on any atom is 0.0659 e. The molecule has 0 radical (unpaired) electrons. The molecule has 2 heteroatoms. The quantitative estimate of drug-likeness (QED) is 0.665. The predicted octanol–water partition coefficient (Wildman–Crippen LogP) is 3.85. The summed E-state index contributed by atoms with van der Waals surface area (Å²) < 4.78 is 0. The van der Waals surface area contributed by atoms with Crippen LogP contribution in [-0.2, 0) is 0 Å². The summed E-state index contributed by atoms with van der Waals surface area (Å²) in [5.41, 5.74) is 6.18. The van der Waals surface area contributed by atoms with E-state index in [-0.39, 0.29) is 0 Å². The van der Waals surface area contributed by atoms with Crippen LogP contribution in [0, 0.1) is 13.8 Å². The van der Waals surface area contributed by atoms with Gasteiger partial charge in [0.25, 0.3) is 0 Å². The fourth-order valence-electron chi connectivity index (χ4n) is 2.29. The molecule has 1 aromatic heterocycles. The molecule has 0 atom stereocenters. The van der Waals surface area contributed by atoms with Crippen molar-refractivity contribution in [3.63, 3.8) is 0 Å². The van der Waals surface area contributed by atoms with Crippen LogP contribution in [0.2, 0.25) is 0 Å². The van der Waals surface area contributed by atoms with E-state index in [1.54, 1.807) is 0 Å². The molecule has 0 fully saturated rings. The van der Waals surface area contributed by atoms with Crippen LogP contribution in [0.3, 0.4) is 0 Å². The Kier molecular flexibility index (Phi) is 2.22. The molecule has 0 saturated heterocycles. The lowest BCUT2D eigenvalue weighted by atomic mass is 9.96. The Labute approximate surface area is 100 Å². The predicted molar refractivity (Wildman–Crippen MR) is 71.0 cm³/mol. The Morgan fingerprint density at radius 2 is 1.82 bits per heavy atom. The second-order valence-corrected chi connectivity index (χ2v) is 4.46. The molecule has 84 valence electrons. The molecule has 0 saturated carbocycles. The van der Waals surface area contributed by atoms with Crippen molar-refractivity contribution in [3.8, 4) is 11.1 Å². The Balaban J connectivity index is 2.37. The number of rotatable bonds is 1. The summed E-state index contributed by atoms with van der Waals surface area (Å²) in [5, 5.41) is 8.36. The molecule has 2 nitrogen and oxygen atoms in total. The number of nitrogens with zero attached hydrogens (tertiary/aromatic N) is 1. The van der Waals surface area contributed by atoms with Gasteiger partial charge in [0.2, 0.25) is 0 Å². The van der Waals surface area contributed by atoms with Crippen molar-refractivity contribution in [1.82, 2.24) is 10.2 Å². The lowest BCUT2D eigenvalue weighted by Gasteiger charge is -2.08. The topological polar surface area (TPSA) is 28.7 Å². The molecule has 0 unspecified atom stereocenters. The smallest absolute Gasteiger partial charge is 0.0659 e. The van der Waals surface area contributed by atoms with Crippen LogP contribution in [0.15, 0.2) is 42.6 Å². The summed E-state index contributed by atoms with van der Waals surface area (Å²) >= 11 is 0. The number of benzene rings is 2. The summed E-state index contributed by atoms with van der Waals surface area (Å²) in [6.07, 6.45) is 1.90. The number of H-pyrrole nitrogens is 1. The van der Waals surface area contributed by atoms with Gasteiger partial charge < -0.3 is 0 Å². The van der Waals surface area contributed by atoms with Gasteiger partial charge in [-0.3, -0.25) is 5.10 Å². The lowest BCUT2D eigenvalue weighted by Crippen LogP contribution is -1.85. The minimum atomic E-state index is 1.10. The van der Waals surface area contributed by atoms with E-state index < -0.39 is 0 Å². The molecule has 2 aromatic carbocycles. The van der Waals surface area contributed by atoms with Crippen molar-refractivity contribution in [2.24, 2.45) is 0 Å². The molecule has 3 rings (SSSR count).